The van der Waals surface area contributed by atoms with Crippen LogP contribution in [0.2, 0.25) is 0 Å². The van der Waals surface area contributed by atoms with Gasteiger partial charge in [-0.3, -0.25) is 4.79 Å². The van der Waals surface area contributed by atoms with Gasteiger partial charge >= 0.3 is 5.97 Å². The molecule has 0 bridgehead atoms. The van der Waals surface area contributed by atoms with Crippen LogP contribution >= 0.6 is 0 Å². The van der Waals surface area contributed by atoms with Crippen molar-refractivity contribution in [1.29, 1.82) is 0 Å². The van der Waals surface area contributed by atoms with Gasteiger partial charge in [0.15, 0.2) is 0 Å². The van der Waals surface area contributed by atoms with Crippen molar-refractivity contribution in [3.05, 3.63) is 102 Å². The van der Waals surface area contributed by atoms with Crippen LogP contribution in [0.5, 0.6) is 0 Å². The summed E-state index contributed by atoms with van der Waals surface area (Å²) in [4.78, 5) is 24.4. The molecule has 0 radical (unpaired) electrons. The predicted molar refractivity (Wildman–Crippen MR) is 106 cm³/mol. The van der Waals surface area contributed by atoms with Gasteiger partial charge in [0.1, 0.15) is 5.70 Å². The molecule has 4 heteroatoms. The Balaban J connectivity index is 1.83. The van der Waals surface area contributed by atoms with E-state index < -0.39 is 5.97 Å². The third-order valence-corrected chi connectivity index (χ3v) is 4.02. The van der Waals surface area contributed by atoms with Crippen molar-refractivity contribution in [2.45, 2.75) is 0 Å². The smallest absolute Gasteiger partial charge is 0.354 e. The average Bonchev–Trinajstić information content (AvgIpc) is 2.74. The number of nitrogens with one attached hydrogen (secondary N) is 1. The van der Waals surface area contributed by atoms with Crippen molar-refractivity contribution in [3.63, 3.8) is 0 Å². The van der Waals surface area contributed by atoms with E-state index in [1.807, 2.05) is 60.7 Å². The first-order valence-electron chi connectivity index (χ1n) is 8.49. The van der Waals surface area contributed by atoms with Gasteiger partial charge in [-0.25, -0.2) is 4.79 Å². The number of rotatable bonds is 5. The fraction of sp³-hybridized carbons (Fsp3) is 0.0435. The van der Waals surface area contributed by atoms with Crippen molar-refractivity contribution < 1.29 is 14.3 Å². The Morgan fingerprint density at radius 3 is 1.93 bits per heavy atom. The Morgan fingerprint density at radius 1 is 0.778 bits per heavy atom. The summed E-state index contributed by atoms with van der Waals surface area (Å²) in [5.74, 6) is -0.973. The van der Waals surface area contributed by atoms with Gasteiger partial charge < -0.3 is 10.1 Å². The van der Waals surface area contributed by atoms with Gasteiger partial charge in [0.2, 0.25) is 0 Å². The Labute approximate surface area is 158 Å². The monoisotopic (exact) mass is 357 g/mol. The molecule has 3 aromatic carbocycles. The highest BCUT2D eigenvalue weighted by atomic mass is 16.5. The number of methoxy groups -OCH3 is 1. The largest absolute Gasteiger partial charge is 0.464 e. The van der Waals surface area contributed by atoms with E-state index in [9.17, 15) is 9.59 Å². The Bertz CT molecular complexity index is 946. The second kappa shape index (κ2) is 8.63. The molecule has 27 heavy (non-hydrogen) atoms. The van der Waals surface area contributed by atoms with Crippen LogP contribution in [0.25, 0.3) is 17.2 Å². The second-order valence-electron chi connectivity index (χ2n) is 5.86. The van der Waals surface area contributed by atoms with Crippen LogP contribution in [0, 0.1) is 0 Å². The predicted octanol–water partition coefficient (Wildman–Crippen LogP) is 4.30. The fourth-order valence-electron chi connectivity index (χ4n) is 2.61. The molecule has 0 aromatic heterocycles. The maximum Gasteiger partial charge on any atom is 0.354 e. The minimum absolute atomic E-state index is 0.0822. The standard InChI is InChI=1S/C23H19NO3/c1-27-23(26)21(24-22(25)20-10-6-3-7-11-20)16-17-12-14-19(15-13-17)18-8-4-2-5-9-18/h2-16H,1H3,(H,24,25)/b21-16-. The average molecular weight is 357 g/mol. The molecule has 4 nitrogen and oxygen atoms in total. The number of ether oxygens (including phenoxy) is 1. The third-order valence-electron chi connectivity index (χ3n) is 4.02. The SMILES string of the molecule is COC(=O)/C(=C/c1ccc(-c2ccccc2)cc1)NC(=O)c1ccccc1. The molecule has 1 amide bonds. The van der Waals surface area contributed by atoms with E-state index in [1.165, 1.54) is 7.11 Å². The topological polar surface area (TPSA) is 55.4 Å². The molecule has 0 spiro atoms. The van der Waals surface area contributed by atoms with E-state index in [2.05, 4.69) is 5.32 Å². The quantitative estimate of drug-likeness (QED) is 0.547. The van der Waals surface area contributed by atoms with E-state index in [0.717, 1.165) is 16.7 Å². The zero-order valence-corrected chi connectivity index (χ0v) is 14.9. The highest BCUT2D eigenvalue weighted by Gasteiger charge is 2.14. The summed E-state index contributed by atoms with van der Waals surface area (Å²) in [7, 11) is 1.28. The zero-order valence-electron chi connectivity index (χ0n) is 14.9. The molecular formula is C23H19NO3. The number of hydrogen-bond acceptors (Lipinski definition) is 3. The van der Waals surface area contributed by atoms with Gasteiger partial charge in [-0.1, -0.05) is 72.8 Å². The van der Waals surface area contributed by atoms with Crippen molar-refractivity contribution >= 4 is 18.0 Å². The summed E-state index contributed by atoms with van der Waals surface area (Å²) in [6.07, 6.45) is 1.60. The van der Waals surface area contributed by atoms with Crippen LogP contribution in [0.3, 0.4) is 0 Å². The summed E-state index contributed by atoms with van der Waals surface area (Å²) in [5, 5.41) is 2.63. The van der Waals surface area contributed by atoms with E-state index in [0.29, 0.717) is 5.56 Å². The molecule has 0 saturated heterocycles. The first-order chi connectivity index (χ1) is 13.2. The number of carbonyl (C=O) groups excluding carboxylic acids is 2. The third kappa shape index (κ3) is 4.70. The summed E-state index contributed by atoms with van der Waals surface area (Å²) in [6.45, 7) is 0. The summed E-state index contributed by atoms with van der Waals surface area (Å²) >= 11 is 0. The molecule has 3 aromatic rings. The van der Waals surface area contributed by atoms with Crippen LogP contribution in [-0.4, -0.2) is 19.0 Å². The van der Waals surface area contributed by atoms with Crippen molar-refractivity contribution in [2.75, 3.05) is 7.11 Å². The van der Waals surface area contributed by atoms with Crippen LogP contribution < -0.4 is 5.32 Å². The first-order valence-corrected chi connectivity index (χ1v) is 8.49. The number of benzene rings is 3. The number of hydrogen-bond donors (Lipinski definition) is 1. The summed E-state index contributed by atoms with van der Waals surface area (Å²) < 4.78 is 4.79. The van der Waals surface area contributed by atoms with Crippen LogP contribution in [0.15, 0.2) is 90.6 Å². The first kappa shape index (κ1) is 18.1. The lowest BCUT2D eigenvalue weighted by atomic mass is 10.0. The van der Waals surface area contributed by atoms with Crippen molar-refractivity contribution in [2.24, 2.45) is 0 Å². The minimum Gasteiger partial charge on any atom is -0.464 e. The lowest BCUT2D eigenvalue weighted by Gasteiger charge is -2.09. The van der Waals surface area contributed by atoms with Crippen molar-refractivity contribution in [1.82, 2.24) is 5.32 Å². The van der Waals surface area contributed by atoms with Gasteiger partial charge in [-0.2, -0.15) is 0 Å². The molecule has 0 fully saturated rings. The van der Waals surface area contributed by atoms with E-state index >= 15 is 0 Å². The molecule has 0 unspecified atom stereocenters. The van der Waals surface area contributed by atoms with Crippen LogP contribution in [0.1, 0.15) is 15.9 Å². The molecule has 1 N–H and O–H groups in total. The van der Waals surface area contributed by atoms with Crippen LogP contribution in [0.4, 0.5) is 0 Å². The molecule has 0 aliphatic carbocycles. The normalized spacial score (nSPS) is 10.9. The van der Waals surface area contributed by atoms with Gasteiger partial charge in [0.05, 0.1) is 7.11 Å². The molecule has 0 aliphatic heterocycles. The Kier molecular flexibility index (Phi) is 5.80. The lowest BCUT2D eigenvalue weighted by molar-refractivity contribution is -0.136. The molecule has 0 saturated carbocycles. The van der Waals surface area contributed by atoms with E-state index in [4.69, 9.17) is 4.74 Å². The number of amides is 1. The minimum atomic E-state index is -0.605. The molecular weight excluding hydrogens is 338 g/mol. The summed E-state index contributed by atoms with van der Waals surface area (Å²) in [6, 6.07) is 26.4. The molecule has 3 rings (SSSR count). The number of esters is 1. The van der Waals surface area contributed by atoms with Gasteiger partial charge in [0, 0.05) is 5.56 Å². The molecule has 0 heterocycles. The molecule has 0 atom stereocenters. The Morgan fingerprint density at radius 2 is 1.33 bits per heavy atom. The molecule has 0 aliphatic rings. The lowest BCUT2D eigenvalue weighted by Crippen LogP contribution is -2.28. The van der Waals surface area contributed by atoms with Gasteiger partial charge in [-0.15, -0.1) is 0 Å². The fourth-order valence-corrected chi connectivity index (χ4v) is 2.61. The highest BCUT2D eigenvalue weighted by molar-refractivity contribution is 6.03. The van der Waals surface area contributed by atoms with Gasteiger partial charge in [0.25, 0.3) is 5.91 Å². The van der Waals surface area contributed by atoms with Crippen molar-refractivity contribution in [3.8, 4) is 11.1 Å². The molecule has 134 valence electrons. The maximum absolute atomic E-state index is 12.3. The zero-order chi connectivity index (χ0) is 19.1. The van der Waals surface area contributed by atoms with E-state index in [1.54, 1.807) is 30.3 Å². The summed E-state index contributed by atoms with van der Waals surface area (Å²) in [5.41, 5.74) is 3.51. The Hall–Kier alpha value is -3.66. The van der Waals surface area contributed by atoms with Gasteiger partial charge in [-0.05, 0) is 34.9 Å². The van der Waals surface area contributed by atoms with E-state index in [-0.39, 0.29) is 11.6 Å². The highest BCUT2D eigenvalue weighted by Crippen LogP contribution is 2.20. The second-order valence-corrected chi connectivity index (χ2v) is 5.86. The van der Waals surface area contributed by atoms with Crippen LogP contribution in [-0.2, 0) is 9.53 Å². The maximum atomic E-state index is 12.3. The number of carbonyl (C=O) groups is 2.